The van der Waals surface area contributed by atoms with Crippen molar-refractivity contribution in [3.05, 3.63) is 12.7 Å². The van der Waals surface area contributed by atoms with Crippen molar-refractivity contribution in [2.45, 2.75) is 32.2 Å². The first-order valence-corrected chi connectivity index (χ1v) is 4.75. The second-order valence-corrected chi connectivity index (χ2v) is 3.40. The van der Waals surface area contributed by atoms with Crippen LogP contribution in [0.15, 0.2) is 12.7 Å². The van der Waals surface area contributed by atoms with Gasteiger partial charge in [-0.1, -0.05) is 19.9 Å². The van der Waals surface area contributed by atoms with Gasteiger partial charge in [0.05, 0.1) is 13.2 Å². The maximum atomic E-state index is 9.95. The van der Waals surface area contributed by atoms with Crippen molar-refractivity contribution >= 4 is 0 Å². The molecule has 1 heterocycles. The van der Waals surface area contributed by atoms with E-state index in [9.17, 15) is 5.11 Å². The zero-order chi connectivity index (χ0) is 9.90. The second kappa shape index (κ2) is 4.22. The predicted molar refractivity (Wildman–Crippen MR) is 50.3 cm³/mol. The van der Waals surface area contributed by atoms with Gasteiger partial charge in [-0.15, -0.1) is 6.58 Å². The Morgan fingerprint density at radius 2 is 2.08 bits per heavy atom. The van der Waals surface area contributed by atoms with Crippen molar-refractivity contribution in [1.82, 2.24) is 0 Å². The molecule has 2 unspecified atom stereocenters. The first kappa shape index (κ1) is 10.7. The molecule has 2 atom stereocenters. The third-order valence-electron chi connectivity index (χ3n) is 2.59. The lowest BCUT2D eigenvalue weighted by Crippen LogP contribution is -2.46. The molecule has 76 valence electrons. The molecule has 1 N–H and O–H groups in total. The Morgan fingerprint density at radius 3 is 2.46 bits per heavy atom. The van der Waals surface area contributed by atoms with Gasteiger partial charge >= 0.3 is 0 Å². The third-order valence-corrected chi connectivity index (χ3v) is 2.59. The maximum absolute atomic E-state index is 9.95. The molecule has 0 aliphatic carbocycles. The van der Waals surface area contributed by atoms with Gasteiger partial charge in [-0.05, 0) is 0 Å². The van der Waals surface area contributed by atoms with E-state index in [1.165, 1.54) is 0 Å². The Balaban J connectivity index is 2.69. The standard InChI is InChI=1S/C10H18O3/c1-4-8(3)9(11)10(5-2)12-6-7-13-10/h4,8-9,11H,1,5-7H2,2-3H3. The van der Waals surface area contributed by atoms with Crippen LogP contribution in [-0.4, -0.2) is 30.2 Å². The smallest absolute Gasteiger partial charge is 0.194 e. The number of aliphatic hydroxyl groups excluding tert-OH is 1. The molecule has 1 aliphatic heterocycles. The van der Waals surface area contributed by atoms with Crippen molar-refractivity contribution in [2.75, 3.05) is 13.2 Å². The molecule has 0 aromatic carbocycles. The first-order chi connectivity index (χ1) is 6.16. The highest BCUT2D eigenvalue weighted by molar-refractivity contribution is 4.91. The Hall–Kier alpha value is -0.380. The minimum Gasteiger partial charge on any atom is -0.387 e. The van der Waals surface area contributed by atoms with Gasteiger partial charge in [0.25, 0.3) is 0 Å². The summed E-state index contributed by atoms with van der Waals surface area (Å²) in [4.78, 5) is 0. The molecule has 3 heteroatoms. The molecule has 3 nitrogen and oxygen atoms in total. The SMILES string of the molecule is C=CC(C)C(O)C1(CC)OCCO1. The molecule has 0 aromatic rings. The normalized spacial score (nSPS) is 25.5. The Bertz CT molecular complexity index is 173. The molecule has 1 fully saturated rings. The summed E-state index contributed by atoms with van der Waals surface area (Å²) in [6.07, 6.45) is 1.75. The van der Waals surface area contributed by atoms with Crippen LogP contribution in [0.1, 0.15) is 20.3 Å². The van der Waals surface area contributed by atoms with Gasteiger partial charge in [0, 0.05) is 12.3 Å². The summed E-state index contributed by atoms with van der Waals surface area (Å²) in [5.41, 5.74) is 0. The summed E-state index contributed by atoms with van der Waals surface area (Å²) < 4.78 is 10.9. The summed E-state index contributed by atoms with van der Waals surface area (Å²) in [7, 11) is 0. The largest absolute Gasteiger partial charge is 0.387 e. The quantitative estimate of drug-likeness (QED) is 0.673. The monoisotopic (exact) mass is 186 g/mol. The Kier molecular flexibility index (Phi) is 3.47. The highest BCUT2D eigenvalue weighted by atomic mass is 16.7. The Morgan fingerprint density at radius 1 is 1.54 bits per heavy atom. The molecular formula is C10H18O3. The molecule has 13 heavy (non-hydrogen) atoms. The summed E-state index contributed by atoms with van der Waals surface area (Å²) in [5.74, 6) is -0.814. The molecule has 0 spiro atoms. The first-order valence-electron chi connectivity index (χ1n) is 4.75. The van der Waals surface area contributed by atoms with Crippen molar-refractivity contribution in [1.29, 1.82) is 0 Å². The van der Waals surface area contributed by atoms with Gasteiger partial charge in [-0.25, -0.2) is 0 Å². The van der Waals surface area contributed by atoms with Crippen LogP contribution in [0.5, 0.6) is 0 Å². The molecule has 1 aliphatic rings. The molecule has 0 bridgehead atoms. The molecule has 1 saturated heterocycles. The number of hydrogen-bond donors (Lipinski definition) is 1. The topological polar surface area (TPSA) is 38.7 Å². The van der Waals surface area contributed by atoms with E-state index in [1.54, 1.807) is 6.08 Å². The van der Waals surface area contributed by atoms with Crippen molar-refractivity contribution in [2.24, 2.45) is 5.92 Å². The summed E-state index contributed by atoms with van der Waals surface area (Å²) in [5, 5.41) is 9.95. The van der Waals surface area contributed by atoms with Crippen LogP contribution in [0.25, 0.3) is 0 Å². The van der Waals surface area contributed by atoms with Crippen molar-refractivity contribution in [3.8, 4) is 0 Å². The summed E-state index contributed by atoms with van der Waals surface area (Å²) in [6, 6.07) is 0. The highest BCUT2D eigenvalue weighted by Crippen LogP contribution is 2.31. The lowest BCUT2D eigenvalue weighted by atomic mass is 9.95. The zero-order valence-electron chi connectivity index (χ0n) is 8.32. The average Bonchev–Trinajstić information content (AvgIpc) is 2.65. The van der Waals surface area contributed by atoms with Crippen LogP contribution in [0.2, 0.25) is 0 Å². The van der Waals surface area contributed by atoms with Gasteiger partial charge in [0.15, 0.2) is 5.79 Å². The molecule has 0 amide bonds. The van der Waals surface area contributed by atoms with E-state index < -0.39 is 11.9 Å². The van der Waals surface area contributed by atoms with Gasteiger partial charge in [0.1, 0.15) is 6.10 Å². The van der Waals surface area contributed by atoms with Gasteiger partial charge in [0.2, 0.25) is 0 Å². The van der Waals surface area contributed by atoms with Crippen LogP contribution in [0.3, 0.4) is 0 Å². The van der Waals surface area contributed by atoms with Gasteiger partial charge in [-0.3, -0.25) is 0 Å². The van der Waals surface area contributed by atoms with Crippen LogP contribution in [-0.2, 0) is 9.47 Å². The van der Waals surface area contributed by atoms with E-state index in [0.717, 1.165) is 0 Å². The highest BCUT2D eigenvalue weighted by Gasteiger charge is 2.43. The average molecular weight is 186 g/mol. The van der Waals surface area contributed by atoms with Crippen molar-refractivity contribution < 1.29 is 14.6 Å². The fraction of sp³-hybridized carbons (Fsp3) is 0.800. The molecule has 0 aromatic heterocycles. The van der Waals surface area contributed by atoms with Gasteiger partial charge in [-0.2, -0.15) is 0 Å². The predicted octanol–water partition coefficient (Wildman–Crippen LogP) is 1.32. The summed E-state index contributed by atoms with van der Waals surface area (Å²) >= 11 is 0. The fourth-order valence-electron chi connectivity index (χ4n) is 1.58. The van der Waals surface area contributed by atoms with Crippen LogP contribution in [0.4, 0.5) is 0 Å². The molecular weight excluding hydrogens is 168 g/mol. The molecule has 1 rings (SSSR count). The zero-order valence-corrected chi connectivity index (χ0v) is 8.32. The van der Waals surface area contributed by atoms with E-state index in [0.29, 0.717) is 19.6 Å². The van der Waals surface area contributed by atoms with Crippen LogP contribution >= 0.6 is 0 Å². The Labute approximate surface area is 79.3 Å². The van der Waals surface area contributed by atoms with Crippen LogP contribution in [0, 0.1) is 5.92 Å². The number of rotatable bonds is 4. The lowest BCUT2D eigenvalue weighted by molar-refractivity contribution is -0.229. The molecule has 0 radical (unpaired) electrons. The lowest BCUT2D eigenvalue weighted by Gasteiger charge is -2.33. The maximum Gasteiger partial charge on any atom is 0.194 e. The van der Waals surface area contributed by atoms with Crippen molar-refractivity contribution in [3.63, 3.8) is 0 Å². The number of aliphatic hydroxyl groups is 1. The minimum atomic E-state index is -0.798. The second-order valence-electron chi connectivity index (χ2n) is 3.40. The van der Waals surface area contributed by atoms with E-state index in [2.05, 4.69) is 6.58 Å². The van der Waals surface area contributed by atoms with E-state index in [4.69, 9.17) is 9.47 Å². The van der Waals surface area contributed by atoms with E-state index >= 15 is 0 Å². The molecule has 0 saturated carbocycles. The van der Waals surface area contributed by atoms with Crippen LogP contribution < -0.4 is 0 Å². The van der Waals surface area contributed by atoms with E-state index in [-0.39, 0.29) is 5.92 Å². The van der Waals surface area contributed by atoms with E-state index in [1.807, 2.05) is 13.8 Å². The minimum absolute atomic E-state index is 0.0157. The number of ether oxygens (including phenoxy) is 2. The van der Waals surface area contributed by atoms with Gasteiger partial charge < -0.3 is 14.6 Å². The summed E-state index contributed by atoms with van der Waals surface area (Å²) in [6.45, 7) is 8.63. The number of hydrogen-bond acceptors (Lipinski definition) is 3. The fourth-order valence-corrected chi connectivity index (χ4v) is 1.58. The third kappa shape index (κ3) is 1.93.